The van der Waals surface area contributed by atoms with Crippen molar-refractivity contribution in [1.82, 2.24) is 25.0 Å². The normalized spacial score (nSPS) is 11.4. The Morgan fingerprint density at radius 3 is 2.78 bits per heavy atom. The fourth-order valence-electron chi connectivity index (χ4n) is 1.26. The maximum Gasteiger partial charge on any atom is 0.269 e. The van der Waals surface area contributed by atoms with E-state index in [-0.39, 0.29) is 16.7 Å². The molecule has 0 aliphatic heterocycles. The van der Waals surface area contributed by atoms with Gasteiger partial charge in [-0.3, -0.25) is 4.68 Å². The van der Waals surface area contributed by atoms with E-state index in [9.17, 15) is 8.42 Å². The molecule has 18 heavy (non-hydrogen) atoms. The summed E-state index contributed by atoms with van der Waals surface area (Å²) in [6, 6.07) is 0. The van der Waals surface area contributed by atoms with Crippen LogP contribution in [0.3, 0.4) is 0 Å². The summed E-state index contributed by atoms with van der Waals surface area (Å²) in [5.41, 5.74) is 5.55. The fraction of sp³-hybridized carbons (Fsp3) is 0.250. The van der Waals surface area contributed by atoms with Gasteiger partial charge < -0.3 is 5.73 Å². The zero-order valence-electron chi connectivity index (χ0n) is 9.48. The first-order valence-corrected chi connectivity index (χ1v) is 6.50. The van der Waals surface area contributed by atoms with E-state index in [1.807, 2.05) is 6.92 Å². The molecule has 0 saturated heterocycles. The molecule has 0 bridgehead atoms. The first kappa shape index (κ1) is 12.2. The number of nitrogens with two attached hydrogens (primary N) is 1. The highest BCUT2D eigenvalue weighted by molar-refractivity contribution is 7.92. The smallest absolute Gasteiger partial charge is 0.269 e. The number of nitrogen functional groups attached to an aromatic ring is 1. The highest BCUT2D eigenvalue weighted by Gasteiger charge is 2.22. The van der Waals surface area contributed by atoms with Crippen LogP contribution >= 0.6 is 0 Å². The van der Waals surface area contributed by atoms with Gasteiger partial charge in [0.15, 0.2) is 5.82 Å². The third-order valence-electron chi connectivity index (χ3n) is 2.08. The van der Waals surface area contributed by atoms with Gasteiger partial charge >= 0.3 is 0 Å². The van der Waals surface area contributed by atoms with E-state index in [2.05, 4.69) is 25.0 Å². The Hall–Kier alpha value is -2.23. The lowest BCUT2D eigenvalue weighted by molar-refractivity contribution is 0.600. The third-order valence-corrected chi connectivity index (χ3v) is 3.42. The van der Waals surface area contributed by atoms with Crippen molar-refractivity contribution < 1.29 is 8.42 Å². The molecule has 0 atom stereocenters. The summed E-state index contributed by atoms with van der Waals surface area (Å²) in [5, 5.41) is 10.9. The van der Waals surface area contributed by atoms with Gasteiger partial charge in [-0.05, 0) is 6.92 Å². The zero-order chi connectivity index (χ0) is 13.2. The van der Waals surface area contributed by atoms with Crippen molar-refractivity contribution in [2.45, 2.75) is 18.4 Å². The molecule has 0 aliphatic carbocycles. The van der Waals surface area contributed by atoms with Gasteiger partial charge in [-0.25, -0.2) is 18.1 Å². The van der Waals surface area contributed by atoms with Gasteiger partial charge in [-0.2, -0.15) is 10.2 Å². The minimum absolute atomic E-state index is 0.0757. The van der Waals surface area contributed by atoms with Crippen molar-refractivity contribution in [3.8, 4) is 0 Å². The number of hydrogen-bond acceptors (Lipinski definition) is 7. The molecular formula is C8H11N7O2S. The Morgan fingerprint density at radius 2 is 2.22 bits per heavy atom. The molecule has 96 valence electrons. The SMILES string of the molecule is CCn1cc(S(=O)(=O)Nc2nccnn2)c(N)n1. The lowest BCUT2D eigenvalue weighted by Gasteiger charge is -2.03. The van der Waals surface area contributed by atoms with E-state index in [1.54, 1.807) is 0 Å². The second-order valence-corrected chi connectivity index (χ2v) is 4.96. The van der Waals surface area contributed by atoms with Crippen LogP contribution in [0, 0.1) is 0 Å². The molecule has 9 nitrogen and oxygen atoms in total. The van der Waals surface area contributed by atoms with Gasteiger partial charge in [0.1, 0.15) is 4.90 Å². The van der Waals surface area contributed by atoms with E-state index in [1.165, 1.54) is 23.3 Å². The number of nitrogens with one attached hydrogen (secondary N) is 1. The summed E-state index contributed by atoms with van der Waals surface area (Å²) in [6.45, 7) is 2.34. The van der Waals surface area contributed by atoms with Crippen molar-refractivity contribution in [1.29, 1.82) is 0 Å². The lowest BCUT2D eigenvalue weighted by atomic mass is 10.6. The Morgan fingerprint density at radius 1 is 1.44 bits per heavy atom. The monoisotopic (exact) mass is 269 g/mol. The van der Waals surface area contributed by atoms with Crippen molar-refractivity contribution in [3.63, 3.8) is 0 Å². The van der Waals surface area contributed by atoms with Crippen LogP contribution in [-0.4, -0.2) is 33.4 Å². The van der Waals surface area contributed by atoms with Gasteiger partial charge in [0.2, 0.25) is 0 Å². The van der Waals surface area contributed by atoms with Crippen LogP contribution in [0.4, 0.5) is 11.8 Å². The average molecular weight is 269 g/mol. The molecule has 2 aromatic heterocycles. The lowest BCUT2D eigenvalue weighted by Crippen LogP contribution is -2.16. The Bertz CT molecular complexity index is 637. The molecule has 0 amide bonds. The molecule has 10 heteroatoms. The summed E-state index contributed by atoms with van der Waals surface area (Å²) in [7, 11) is -3.86. The van der Waals surface area contributed by atoms with Crippen molar-refractivity contribution >= 4 is 21.8 Å². The summed E-state index contributed by atoms with van der Waals surface area (Å²) in [4.78, 5) is 3.60. The van der Waals surface area contributed by atoms with Gasteiger partial charge in [-0.15, -0.1) is 5.10 Å². The summed E-state index contributed by atoms with van der Waals surface area (Å²) < 4.78 is 27.6. The first-order chi connectivity index (χ1) is 8.53. The predicted octanol–water partition coefficient (Wildman–Crippen LogP) is -0.529. The van der Waals surface area contributed by atoms with Crippen LogP contribution in [-0.2, 0) is 16.6 Å². The fourth-order valence-corrected chi connectivity index (χ4v) is 2.28. The second-order valence-electron chi connectivity index (χ2n) is 3.31. The van der Waals surface area contributed by atoms with Crippen LogP contribution in [0.25, 0.3) is 0 Å². The van der Waals surface area contributed by atoms with Gasteiger partial charge in [0, 0.05) is 12.7 Å². The number of aromatic nitrogens is 5. The Balaban J connectivity index is 2.34. The van der Waals surface area contributed by atoms with Crippen LogP contribution in [0.15, 0.2) is 23.5 Å². The van der Waals surface area contributed by atoms with E-state index in [0.717, 1.165) is 0 Å². The summed E-state index contributed by atoms with van der Waals surface area (Å²) >= 11 is 0. The van der Waals surface area contributed by atoms with Crippen LogP contribution in [0.2, 0.25) is 0 Å². The van der Waals surface area contributed by atoms with E-state index in [4.69, 9.17) is 5.73 Å². The number of aryl methyl sites for hydroxylation is 1. The molecule has 2 heterocycles. The van der Waals surface area contributed by atoms with Gasteiger partial charge in [0.05, 0.1) is 12.4 Å². The Labute approximate surface area is 103 Å². The summed E-state index contributed by atoms with van der Waals surface area (Å²) in [6.07, 6.45) is 4.00. The van der Waals surface area contributed by atoms with E-state index < -0.39 is 10.0 Å². The topological polar surface area (TPSA) is 129 Å². The standard InChI is InChI=1S/C8H11N7O2S/c1-2-15-5-6(7(9)13-15)18(16,17)14-8-10-3-4-11-12-8/h3-5H,2H2,1H3,(H2,9,13)(H,10,12,14). The highest BCUT2D eigenvalue weighted by Crippen LogP contribution is 2.18. The maximum absolute atomic E-state index is 12.0. The molecule has 0 aliphatic rings. The largest absolute Gasteiger partial charge is 0.381 e. The number of anilines is 2. The van der Waals surface area contributed by atoms with Crippen molar-refractivity contribution in [2.75, 3.05) is 10.5 Å². The molecule has 0 aromatic carbocycles. The highest BCUT2D eigenvalue weighted by atomic mass is 32.2. The third kappa shape index (κ3) is 2.37. The molecule has 3 N–H and O–H groups in total. The van der Waals surface area contributed by atoms with Gasteiger partial charge in [-0.1, -0.05) is 0 Å². The molecular weight excluding hydrogens is 258 g/mol. The van der Waals surface area contributed by atoms with Crippen molar-refractivity contribution in [3.05, 3.63) is 18.6 Å². The average Bonchev–Trinajstić information content (AvgIpc) is 2.72. The molecule has 2 rings (SSSR count). The minimum Gasteiger partial charge on any atom is -0.381 e. The quantitative estimate of drug-likeness (QED) is 0.763. The van der Waals surface area contributed by atoms with Crippen molar-refractivity contribution in [2.24, 2.45) is 0 Å². The first-order valence-electron chi connectivity index (χ1n) is 5.02. The maximum atomic E-state index is 12.0. The van der Waals surface area contributed by atoms with E-state index >= 15 is 0 Å². The predicted molar refractivity (Wildman–Crippen MR) is 62.9 cm³/mol. The van der Waals surface area contributed by atoms with Crippen LogP contribution in [0.1, 0.15) is 6.92 Å². The Kier molecular flexibility index (Phi) is 3.10. The zero-order valence-corrected chi connectivity index (χ0v) is 10.3. The second kappa shape index (κ2) is 4.56. The molecule has 0 unspecified atom stereocenters. The minimum atomic E-state index is -3.86. The molecule has 0 fully saturated rings. The number of sulfonamides is 1. The number of hydrogen-bond donors (Lipinski definition) is 2. The number of rotatable bonds is 4. The van der Waals surface area contributed by atoms with Crippen LogP contribution < -0.4 is 10.5 Å². The summed E-state index contributed by atoms with van der Waals surface area (Å²) in [5.74, 6) is -0.200. The molecule has 0 radical (unpaired) electrons. The molecule has 0 saturated carbocycles. The molecule has 0 spiro atoms. The van der Waals surface area contributed by atoms with Crippen LogP contribution in [0.5, 0.6) is 0 Å². The molecule has 2 aromatic rings. The van der Waals surface area contributed by atoms with Gasteiger partial charge in [0.25, 0.3) is 16.0 Å². The number of nitrogens with zero attached hydrogens (tertiary/aromatic N) is 5. The van der Waals surface area contributed by atoms with E-state index in [0.29, 0.717) is 6.54 Å².